The zero-order valence-corrected chi connectivity index (χ0v) is 18.7. The van der Waals surface area contributed by atoms with Gasteiger partial charge in [0, 0.05) is 18.1 Å². The zero-order valence-electron chi connectivity index (χ0n) is 12.6. The van der Waals surface area contributed by atoms with Gasteiger partial charge in [-0.15, -0.1) is 0 Å². The highest BCUT2D eigenvalue weighted by atomic mass is 127. The maximum atomic E-state index is 14.0. The summed E-state index contributed by atoms with van der Waals surface area (Å²) in [5.74, 6) is -6.49. The summed E-state index contributed by atoms with van der Waals surface area (Å²) in [6, 6.07) is 8.34. The second-order valence-corrected chi connectivity index (χ2v) is 9.52. The minimum atomic E-state index is -6.57. The van der Waals surface area contributed by atoms with Crippen molar-refractivity contribution in [3.63, 3.8) is 0 Å². The van der Waals surface area contributed by atoms with E-state index < -0.39 is 33.0 Å². The third kappa shape index (κ3) is 4.22. The molecule has 148 valence electrons. The van der Waals surface area contributed by atoms with Crippen molar-refractivity contribution < 1.29 is 34.9 Å². The molecule has 0 fully saturated rings. The van der Waals surface area contributed by atoms with Crippen LogP contribution in [0, 0.1) is 3.57 Å². The summed E-state index contributed by atoms with van der Waals surface area (Å²) in [4.78, 5) is -0.866. The monoisotopic (exact) mass is 652 g/mol. The molecule has 0 aliphatic heterocycles. The normalized spacial score (nSPS) is 14.3. The van der Waals surface area contributed by atoms with Gasteiger partial charge in [0.05, 0.1) is 4.90 Å². The Labute approximate surface area is 181 Å². The fourth-order valence-electron chi connectivity index (χ4n) is 2.04. The van der Waals surface area contributed by atoms with Crippen LogP contribution >= 0.6 is 54.5 Å². The highest BCUT2D eigenvalue weighted by molar-refractivity contribution is 14.1. The maximum absolute atomic E-state index is 14.0. The number of halogens is 10. The van der Waals surface area contributed by atoms with Crippen LogP contribution in [0.2, 0.25) is 0 Å². The summed E-state index contributed by atoms with van der Waals surface area (Å²) in [6.45, 7) is 0. The largest absolute Gasteiger partial charge is 0.461 e. The van der Waals surface area contributed by atoms with Gasteiger partial charge in [-0.25, -0.2) is 4.21 Å². The van der Waals surface area contributed by atoms with Crippen molar-refractivity contribution >= 4 is 65.3 Å². The Morgan fingerprint density at radius 2 is 1.48 bits per heavy atom. The molecule has 1 unspecified atom stereocenters. The second-order valence-electron chi connectivity index (χ2n) is 5.10. The summed E-state index contributed by atoms with van der Waals surface area (Å²) in [5.41, 5.74) is 0.0751. The predicted molar refractivity (Wildman–Crippen MR) is 102 cm³/mol. The van der Waals surface area contributed by atoms with E-state index in [-0.39, 0.29) is 20.1 Å². The van der Waals surface area contributed by atoms with E-state index in [0.717, 1.165) is 6.07 Å². The lowest BCUT2D eigenvalue weighted by molar-refractivity contribution is -0.331. The van der Waals surface area contributed by atoms with Crippen molar-refractivity contribution in [2.24, 2.45) is 0 Å². The first-order chi connectivity index (χ1) is 12.2. The molecule has 2 aromatic carbocycles. The molecule has 0 N–H and O–H groups in total. The summed E-state index contributed by atoms with van der Waals surface area (Å²) in [6.07, 6.45) is -6.57. The first-order valence-corrected chi connectivity index (χ1v) is 10.5. The van der Waals surface area contributed by atoms with Gasteiger partial charge in [0.2, 0.25) is 0 Å². The van der Waals surface area contributed by atoms with Crippen LogP contribution in [0.5, 0.6) is 0 Å². The van der Waals surface area contributed by atoms with Crippen LogP contribution in [0.25, 0.3) is 11.1 Å². The van der Waals surface area contributed by atoms with Gasteiger partial charge >= 0.3 is 17.4 Å². The summed E-state index contributed by atoms with van der Waals surface area (Å²) in [5, 5.41) is -5.89. The van der Waals surface area contributed by atoms with Crippen LogP contribution in [0.15, 0.2) is 50.2 Å². The van der Waals surface area contributed by atoms with E-state index in [9.17, 15) is 34.9 Å². The topological polar surface area (TPSA) is 17.1 Å². The van der Waals surface area contributed by atoms with Crippen molar-refractivity contribution in [1.29, 1.82) is 0 Å². The average Bonchev–Trinajstić information content (AvgIpc) is 2.53. The fourth-order valence-corrected chi connectivity index (χ4v) is 5.68. The van der Waals surface area contributed by atoms with Crippen LogP contribution in [-0.2, 0) is 10.8 Å². The molecule has 0 amide bonds. The molecule has 0 spiro atoms. The van der Waals surface area contributed by atoms with Crippen LogP contribution < -0.4 is 0 Å². The predicted octanol–water partition coefficient (Wildman–Crippen LogP) is 7.38. The van der Waals surface area contributed by atoms with E-state index in [2.05, 4.69) is 31.9 Å². The van der Waals surface area contributed by atoms with Crippen LogP contribution in [0.3, 0.4) is 0 Å². The Morgan fingerprint density at radius 3 is 2.00 bits per heavy atom. The molecule has 12 heteroatoms. The first kappa shape index (κ1) is 23.1. The Balaban J connectivity index is 2.76. The molecule has 0 radical (unpaired) electrons. The summed E-state index contributed by atoms with van der Waals surface area (Å²) in [7, 11) is -4.02. The molecule has 0 aliphatic carbocycles. The number of alkyl halides is 7. The standard InChI is InChI=1S/C15H6Br2F7IOS/c16-7-5-9(17)12(8-3-1-2-4-10(8)25)11(6-7)27(26)15(23,24)13(18,19)14(20,21)22/h1-6H. The molecule has 0 saturated carbocycles. The molecule has 0 saturated heterocycles. The van der Waals surface area contributed by atoms with Crippen molar-refractivity contribution in [3.8, 4) is 11.1 Å². The molecule has 2 aromatic rings. The number of benzene rings is 2. The number of hydrogen-bond acceptors (Lipinski definition) is 1. The van der Waals surface area contributed by atoms with E-state index in [0.29, 0.717) is 3.57 Å². The SMILES string of the molecule is O=S(c1cc(Br)cc(Br)c1-c1ccccc1I)C(F)(F)C(F)(F)C(F)(F)F. The van der Waals surface area contributed by atoms with E-state index in [1.165, 1.54) is 18.2 Å². The smallest absolute Gasteiger partial charge is 0.248 e. The molecule has 1 nitrogen and oxygen atoms in total. The molecule has 1 atom stereocenters. The third-order valence-corrected chi connectivity index (χ3v) is 6.78. The third-order valence-electron chi connectivity index (χ3n) is 3.32. The van der Waals surface area contributed by atoms with Crippen molar-refractivity contribution in [2.45, 2.75) is 22.2 Å². The van der Waals surface area contributed by atoms with Crippen molar-refractivity contribution in [1.82, 2.24) is 0 Å². The molecule has 0 bridgehead atoms. The highest BCUT2D eigenvalue weighted by Gasteiger charge is 2.76. The minimum Gasteiger partial charge on any atom is -0.248 e. The molecular weight excluding hydrogens is 648 g/mol. The summed E-state index contributed by atoms with van der Waals surface area (Å²) >= 11 is 7.85. The first-order valence-electron chi connectivity index (χ1n) is 6.70. The lowest BCUT2D eigenvalue weighted by atomic mass is 10.1. The van der Waals surface area contributed by atoms with Gasteiger partial charge in [-0.3, -0.25) is 0 Å². The van der Waals surface area contributed by atoms with Crippen molar-refractivity contribution in [2.75, 3.05) is 0 Å². The Morgan fingerprint density at radius 1 is 0.926 bits per heavy atom. The molecule has 0 aliphatic rings. The van der Waals surface area contributed by atoms with Crippen LogP contribution in [0.4, 0.5) is 30.7 Å². The van der Waals surface area contributed by atoms with Crippen LogP contribution in [-0.4, -0.2) is 21.6 Å². The van der Waals surface area contributed by atoms with E-state index in [4.69, 9.17) is 0 Å². The van der Waals surface area contributed by atoms with E-state index in [1.807, 2.05) is 22.6 Å². The van der Waals surface area contributed by atoms with Gasteiger partial charge in [-0.05, 0) is 46.4 Å². The van der Waals surface area contributed by atoms with E-state index in [1.54, 1.807) is 12.1 Å². The lowest BCUT2D eigenvalue weighted by Gasteiger charge is -2.28. The summed E-state index contributed by atoms with van der Waals surface area (Å²) < 4.78 is 105. The fraction of sp³-hybridized carbons (Fsp3) is 0.200. The molecule has 2 rings (SSSR count). The molecule has 0 heterocycles. The second kappa shape index (κ2) is 7.90. The Kier molecular flexibility index (Phi) is 6.75. The minimum absolute atomic E-state index is 0.0681. The van der Waals surface area contributed by atoms with Crippen LogP contribution in [0.1, 0.15) is 0 Å². The number of hydrogen-bond donors (Lipinski definition) is 0. The molecule has 0 aromatic heterocycles. The van der Waals surface area contributed by atoms with Gasteiger partial charge in [0.1, 0.15) is 10.8 Å². The van der Waals surface area contributed by atoms with Gasteiger partial charge in [0.25, 0.3) is 0 Å². The quantitative estimate of drug-likeness (QED) is 0.249. The number of rotatable bonds is 4. The average molecular weight is 654 g/mol. The van der Waals surface area contributed by atoms with E-state index >= 15 is 0 Å². The molecule has 27 heavy (non-hydrogen) atoms. The van der Waals surface area contributed by atoms with Gasteiger partial charge in [-0.1, -0.05) is 50.1 Å². The Bertz CT molecular complexity index is 902. The van der Waals surface area contributed by atoms with Crippen molar-refractivity contribution in [3.05, 3.63) is 48.9 Å². The zero-order chi connectivity index (χ0) is 20.8. The highest BCUT2D eigenvalue weighted by Crippen LogP contribution is 2.51. The van der Waals surface area contributed by atoms with Gasteiger partial charge in [-0.2, -0.15) is 30.7 Å². The Hall–Kier alpha value is -0.210. The maximum Gasteiger partial charge on any atom is 0.461 e. The van der Waals surface area contributed by atoms with Gasteiger partial charge in [0.15, 0.2) is 0 Å². The molecular formula is C15H6Br2F7IOS. The van der Waals surface area contributed by atoms with Gasteiger partial charge < -0.3 is 0 Å². The lowest BCUT2D eigenvalue weighted by Crippen LogP contribution is -2.54.